The number of aliphatic imine (C=N–C) groups is 1. The first-order valence-corrected chi connectivity index (χ1v) is 7.03. The molecule has 2 aromatic heterocycles. The highest BCUT2D eigenvalue weighted by Gasteiger charge is 2.15. The maximum Gasteiger partial charge on any atom is 0.312 e. The molecule has 0 unspecified atom stereocenters. The second-order valence-corrected chi connectivity index (χ2v) is 5.20. The molecule has 5 nitrogen and oxygen atoms in total. The minimum atomic E-state index is -0.484. The molecule has 2 heterocycles. The van der Waals surface area contributed by atoms with Gasteiger partial charge in [-0.3, -0.25) is 0 Å². The van der Waals surface area contributed by atoms with E-state index < -0.39 is 11.8 Å². The standard InChI is InChI=1S/C15H9BrFN3O2/c16-9-5-6-13(18-7-9)19-8-12-15(21)22-14(20-12)10-3-1-2-4-11(10)17/h1-8,21H. The van der Waals surface area contributed by atoms with Crippen LogP contribution >= 0.6 is 15.9 Å². The van der Waals surface area contributed by atoms with Gasteiger partial charge in [0.1, 0.15) is 5.82 Å². The summed E-state index contributed by atoms with van der Waals surface area (Å²) >= 11 is 3.27. The lowest BCUT2D eigenvalue weighted by Gasteiger charge is -1.95. The number of hydrogen-bond donors (Lipinski definition) is 1. The van der Waals surface area contributed by atoms with Gasteiger partial charge in [-0.1, -0.05) is 12.1 Å². The molecule has 0 aliphatic heterocycles. The lowest BCUT2D eigenvalue weighted by molar-refractivity contribution is 0.336. The van der Waals surface area contributed by atoms with Crippen LogP contribution in [0.1, 0.15) is 5.69 Å². The van der Waals surface area contributed by atoms with E-state index in [0.29, 0.717) is 5.82 Å². The Hall–Kier alpha value is -2.54. The zero-order chi connectivity index (χ0) is 15.5. The molecule has 0 bridgehead atoms. The Kier molecular flexibility index (Phi) is 3.97. The second-order valence-electron chi connectivity index (χ2n) is 4.28. The van der Waals surface area contributed by atoms with Crippen molar-refractivity contribution in [1.82, 2.24) is 9.97 Å². The van der Waals surface area contributed by atoms with Gasteiger partial charge >= 0.3 is 5.95 Å². The maximum absolute atomic E-state index is 13.7. The molecule has 1 aromatic carbocycles. The SMILES string of the molecule is Oc1oc(-c2ccccc2F)nc1C=Nc1ccc(Br)cn1. The summed E-state index contributed by atoms with van der Waals surface area (Å²) in [4.78, 5) is 12.2. The highest BCUT2D eigenvalue weighted by Crippen LogP contribution is 2.27. The number of aromatic nitrogens is 2. The average Bonchev–Trinajstić information content (AvgIpc) is 2.88. The molecule has 1 N–H and O–H groups in total. The molecule has 3 aromatic rings. The number of aromatic hydroxyl groups is 1. The van der Waals surface area contributed by atoms with Crippen molar-refractivity contribution in [3.63, 3.8) is 0 Å². The molecule has 0 aliphatic rings. The predicted octanol–water partition coefficient (Wildman–Crippen LogP) is 4.09. The fourth-order valence-corrected chi connectivity index (χ4v) is 1.96. The number of nitrogens with zero attached hydrogens (tertiary/aromatic N) is 3. The lowest BCUT2D eigenvalue weighted by Crippen LogP contribution is -1.86. The van der Waals surface area contributed by atoms with Crippen molar-refractivity contribution in [2.24, 2.45) is 4.99 Å². The van der Waals surface area contributed by atoms with Gasteiger partial charge in [0.2, 0.25) is 5.89 Å². The summed E-state index contributed by atoms with van der Waals surface area (Å²) in [6, 6.07) is 9.48. The van der Waals surface area contributed by atoms with E-state index >= 15 is 0 Å². The van der Waals surface area contributed by atoms with E-state index in [1.807, 2.05) is 0 Å². The van der Waals surface area contributed by atoms with Crippen LogP contribution in [0.4, 0.5) is 10.2 Å². The molecule has 22 heavy (non-hydrogen) atoms. The van der Waals surface area contributed by atoms with Crippen molar-refractivity contribution in [2.75, 3.05) is 0 Å². The first-order valence-electron chi connectivity index (χ1n) is 6.24. The highest BCUT2D eigenvalue weighted by atomic mass is 79.9. The Morgan fingerprint density at radius 2 is 2.05 bits per heavy atom. The Bertz CT molecular complexity index is 831. The summed E-state index contributed by atoms with van der Waals surface area (Å²) in [6.45, 7) is 0. The Balaban J connectivity index is 1.90. The molecular formula is C15H9BrFN3O2. The third-order valence-electron chi connectivity index (χ3n) is 2.77. The van der Waals surface area contributed by atoms with Crippen LogP contribution in [-0.2, 0) is 0 Å². The number of benzene rings is 1. The zero-order valence-electron chi connectivity index (χ0n) is 11.1. The summed E-state index contributed by atoms with van der Waals surface area (Å²) in [5.74, 6) is -0.486. The van der Waals surface area contributed by atoms with Crippen LogP contribution in [0.2, 0.25) is 0 Å². The van der Waals surface area contributed by atoms with Crippen LogP contribution in [0.25, 0.3) is 11.5 Å². The number of oxazole rings is 1. The minimum absolute atomic E-state index is 0.0131. The van der Waals surface area contributed by atoms with E-state index in [-0.39, 0.29) is 17.1 Å². The van der Waals surface area contributed by atoms with Crippen LogP contribution < -0.4 is 0 Å². The maximum atomic E-state index is 13.7. The normalized spacial score (nSPS) is 11.2. The van der Waals surface area contributed by atoms with Gasteiger partial charge in [-0.15, -0.1) is 0 Å². The summed E-state index contributed by atoms with van der Waals surface area (Å²) in [5, 5.41) is 9.73. The first-order chi connectivity index (χ1) is 10.6. The molecule has 0 radical (unpaired) electrons. The fourth-order valence-electron chi connectivity index (χ4n) is 1.73. The van der Waals surface area contributed by atoms with E-state index in [1.54, 1.807) is 30.5 Å². The molecule has 0 saturated heterocycles. The number of hydrogen-bond acceptors (Lipinski definition) is 5. The smallest absolute Gasteiger partial charge is 0.312 e. The molecule has 0 spiro atoms. The highest BCUT2D eigenvalue weighted by molar-refractivity contribution is 9.10. The third kappa shape index (κ3) is 3.04. The largest absolute Gasteiger partial charge is 0.479 e. The van der Waals surface area contributed by atoms with Crippen molar-refractivity contribution in [3.05, 3.63) is 58.6 Å². The lowest BCUT2D eigenvalue weighted by atomic mass is 10.2. The summed E-state index contributed by atoms with van der Waals surface area (Å²) in [7, 11) is 0. The van der Waals surface area contributed by atoms with Crippen molar-refractivity contribution in [1.29, 1.82) is 0 Å². The van der Waals surface area contributed by atoms with E-state index in [1.165, 1.54) is 18.3 Å². The molecule has 0 amide bonds. The topological polar surface area (TPSA) is 71.5 Å². The minimum Gasteiger partial charge on any atom is -0.479 e. The number of pyridine rings is 1. The Morgan fingerprint density at radius 1 is 1.23 bits per heavy atom. The van der Waals surface area contributed by atoms with Crippen LogP contribution in [0.15, 0.2) is 56.5 Å². The van der Waals surface area contributed by atoms with Crippen molar-refractivity contribution < 1.29 is 13.9 Å². The first kappa shape index (κ1) is 14.4. The van der Waals surface area contributed by atoms with Crippen LogP contribution in [0.5, 0.6) is 5.95 Å². The van der Waals surface area contributed by atoms with Gasteiger partial charge < -0.3 is 9.52 Å². The van der Waals surface area contributed by atoms with Crippen molar-refractivity contribution in [3.8, 4) is 17.4 Å². The van der Waals surface area contributed by atoms with Crippen molar-refractivity contribution in [2.45, 2.75) is 0 Å². The van der Waals surface area contributed by atoms with Crippen LogP contribution in [-0.4, -0.2) is 21.3 Å². The second kappa shape index (κ2) is 6.07. The van der Waals surface area contributed by atoms with Crippen molar-refractivity contribution >= 4 is 28.0 Å². The third-order valence-corrected chi connectivity index (χ3v) is 3.24. The quantitative estimate of drug-likeness (QED) is 0.713. The molecule has 3 rings (SSSR count). The summed E-state index contributed by atoms with van der Waals surface area (Å²) < 4.78 is 19.6. The molecule has 110 valence electrons. The van der Waals surface area contributed by atoms with E-state index in [4.69, 9.17) is 4.42 Å². The van der Waals surface area contributed by atoms with Gasteiger partial charge in [0.05, 0.1) is 11.8 Å². The van der Waals surface area contributed by atoms with E-state index in [9.17, 15) is 9.50 Å². The van der Waals surface area contributed by atoms with E-state index in [2.05, 4.69) is 30.9 Å². The van der Waals surface area contributed by atoms with E-state index in [0.717, 1.165) is 4.47 Å². The fraction of sp³-hybridized carbons (Fsp3) is 0. The Labute approximate surface area is 133 Å². The summed E-state index contributed by atoms with van der Waals surface area (Å²) in [5.41, 5.74) is 0.266. The monoisotopic (exact) mass is 361 g/mol. The van der Waals surface area contributed by atoms with Gasteiger partial charge in [-0.25, -0.2) is 19.4 Å². The molecule has 0 atom stereocenters. The number of rotatable bonds is 3. The van der Waals surface area contributed by atoms with Crippen LogP contribution in [0, 0.1) is 5.82 Å². The van der Waals surface area contributed by atoms with Gasteiger partial charge in [0, 0.05) is 10.7 Å². The summed E-state index contributed by atoms with van der Waals surface area (Å²) in [6.07, 6.45) is 2.90. The van der Waals surface area contributed by atoms with Gasteiger partial charge in [-0.05, 0) is 40.2 Å². The molecule has 0 saturated carbocycles. The van der Waals surface area contributed by atoms with Gasteiger partial charge in [-0.2, -0.15) is 0 Å². The number of halogens is 2. The molecular weight excluding hydrogens is 353 g/mol. The molecule has 0 aliphatic carbocycles. The van der Waals surface area contributed by atoms with Gasteiger partial charge in [0.25, 0.3) is 0 Å². The zero-order valence-corrected chi connectivity index (χ0v) is 12.7. The Morgan fingerprint density at radius 3 is 2.77 bits per heavy atom. The molecule has 0 fully saturated rings. The van der Waals surface area contributed by atoms with Crippen LogP contribution in [0.3, 0.4) is 0 Å². The molecule has 7 heteroatoms. The van der Waals surface area contributed by atoms with Gasteiger partial charge in [0.15, 0.2) is 11.5 Å². The average molecular weight is 362 g/mol. The predicted molar refractivity (Wildman–Crippen MR) is 82.8 cm³/mol.